The molecular formula is C15H13F3N6O. The van der Waals surface area contributed by atoms with E-state index in [0.29, 0.717) is 11.3 Å². The minimum atomic E-state index is -4.55. The summed E-state index contributed by atoms with van der Waals surface area (Å²) < 4.78 is 39.4. The number of halogens is 3. The van der Waals surface area contributed by atoms with Crippen LogP contribution in [-0.4, -0.2) is 38.7 Å². The Balaban J connectivity index is 1.62. The topological polar surface area (TPSA) is 86.8 Å². The molecule has 0 atom stereocenters. The second-order valence-electron chi connectivity index (χ2n) is 5.54. The van der Waals surface area contributed by atoms with E-state index in [-0.39, 0.29) is 37.9 Å². The number of nitrogens with one attached hydrogen (secondary N) is 1. The Morgan fingerprint density at radius 2 is 2.12 bits per heavy atom. The first kappa shape index (κ1) is 16.9. The van der Waals surface area contributed by atoms with Crippen LogP contribution >= 0.6 is 0 Å². The molecular weight excluding hydrogens is 337 g/mol. The third-order valence-corrected chi connectivity index (χ3v) is 3.73. The number of carbonyl (C=O) groups is 1. The summed E-state index contributed by atoms with van der Waals surface area (Å²) in [6, 6.07) is 8.44. The van der Waals surface area contributed by atoms with Gasteiger partial charge in [-0.1, -0.05) is 6.07 Å². The number of hydrogen-bond acceptors (Lipinski definition) is 5. The Morgan fingerprint density at radius 1 is 1.32 bits per heavy atom. The van der Waals surface area contributed by atoms with E-state index in [0.717, 1.165) is 4.57 Å². The van der Waals surface area contributed by atoms with Crippen LogP contribution in [0.5, 0.6) is 0 Å². The summed E-state index contributed by atoms with van der Waals surface area (Å²) in [5.41, 5.74) is 0.909. The lowest BCUT2D eigenvalue weighted by molar-refractivity contribution is -0.148. The van der Waals surface area contributed by atoms with Gasteiger partial charge in [-0.05, 0) is 18.2 Å². The molecule has 1 N–H and O–H groups in total. The average Bonchev–Trinajstić information content (AvgIpc) is 2.98. The number of alkyl halides is 3. The van der Waals surface area contributed by atoms with Gasteiger partial charge in [-0.15, -0.1) is 10.2 Å². The van der Waals surface area contributed by atoms with Crippen LogP contribution in [0.2, 0.25) is 0 Å². The van der Waals surface area contributed by atoms with Crippen LogP contribution in [-0.2, 0) is 24.1 Å². The lowest BCUT2D eigenvalue weighted by Gasteiger charge is -2.27. The molecule has 1 aliphatic heterocycles. The maximum atomic E-state index is 12.8. The summed E-state index contributed by atoms with van der Waals surface area (Å²) in [5, 5.41) is 18.3. The molecule has 130 valence electrons. The number of fused-ring (bicyclic) bond motifs is 1. The molecule has 25 heavy (non-hydrogen) atoms. The standard InChI is InChI=1S/C15H13F3N6O/c16-15(17,18)14-22-21-12-8-23(4-5-24(12)14)9-13(25)20-11-3-1-2-10(6-11)7-19/h1-3,6H,4-5,8-9H2,(H,20,25). The van der Waals surface area contributed by atoms with Gasteiger partial charge in [0.1, 0.15) is 5.82 Å². The first-order valence-electron chi connectivity index (χ1n) is 7.38. The monoisotopic (exact) mass is 350 g/mol. The highest BCUT2D eigenvalue weighted by Crippen LogP contribution is 2.29. The number of rotatable bonds is 3. The van der Waals surface area contributed by atoms with E-state index in [4.69, 9.17) is 5.26 Å². The molecule has 1 amide bonds. The molecule has 1 aromatic carbocycles. The molecule has 0 saturated heterocycles. The Hall–Kier alpha value is -2.93. The molecule has 0 radical (unpaired) electrons. The van der Waals surface area contributed by atoms with Crippen LogP contribution < -0.4 is 5.32 Å². The fourth-order valence-corrected chi connectivity index (χ4v) is 2.62. The van der Waals surface area contributed by atoms with E-state index in [1.54, 1.807) is 29.2 Å². The Bertz CT molecular complexity index is 839. The van der Waals surface area contributed by atoms with E-state index in [9.17, 15) is 18.0 Å². The lowest BCUT2D eigenvalue weighted by Crippen LogP contribution is -2.40. The third kappa shape index (κ3) is 3.77. The fourth-order valence-electron chi connectivity index (χ4n) is 2.62. The quantitative estimate of drug-likeness (QED) is 0.909. The number of amides is 1. The smallest absolute Gasteiger partial charge is 0.325 e. The van der Waals surface area contributed by atoms with Gasteiger partial charge in [0.15, 0.2) is 0 Å². The number of benzene rings is 1. The number of nitrogens with zero attached hydrogens (tertiary/aromatic N) is 5. The first-order chi connectivity index (χ1) is 11.9. The molecule has 0 unspecified atom stereocenters. The molecule has 2 heterocycles. The molecule has 7 nitrogen and oxygen atoms in total. The average molecular weight is 350 g/mol. The van der Waals surface area contributed by atoms with Gasteiger partial charge in [-0.3, -0.25) is 9.69 Å². The van der Waals surface area contributed by atoms with Crippen LogP contribution in [0.1, 0.15) is 17.2 Å². The van der Waals surface area contributed by atoms with Crippen molar-refractivity contribution < 1.29 is 18.0 Å². The normalized spacial score (nSPS) is 14.6. The van der Waals surface area contributed by atoms with Gasteiger partial charge >= 0.3 is 6.18 Å². The minimum absolute atomic E-state index is 0.00495. The number of carbonyl (C=O) groups excluding carboxylic acids is 1. The third-order valence-electron chi connectivity index (χ3n) is 3.73. The van der Waals surface area contributed by atoms with E-state index in [1.807, 2.05) is 6.07 Å². The van der Waals surface area contributed by atoms with Crippen molar-refractivity contribution >= 4 is 11.6 Å². The highest BCUT2D eigenvalue weighted by Gasteiger charge is 2.39. The van der Waals surface area contributed by atoms with Crippen LogP contribution in [0.15, 0.2) is 24.3 Å². The van der Waals surface area contributed by atoms with Crippen molar-refractivity contribution in [2.75, 3.05) is 18.4 Å². The highest BCUT2D eigenvalue weighted by molar-refractivity contribution is 5.92. The fraction of sp³-hybridized carbons (Fsp3) is 0.333. The second kappa shape index (κ2) is 6.52. The predicted molar refractivity (Wildman–Crippen MR) is 80.1 cm³/mol. The van der Waals surface area contributed by atoms with Crippen LogP contribution in [0.4, 0.5) is 18.9 Å². The summed E-state index contributed by atoms with van der Waals surface area (Å²) >= 11 is 0. The van der Waals surface area contributed by atoms with Gasteiger partial charge < -0.3 is 9.88 Å². The second-order valence-corrected chi connectivity index (χ2v) is 5.54. The number of aromatic nitrogens is 3. The predicted octanol–water partition coefficient (Wildman–Crippen LogP) is 1.62. The number of nitriles is 1. The molecule has 0 saturated carbocycles. The van der Waals surface area contributed by atoms with Crippen molar-refractivity contribution in [3.05, 3.63) is 41.5 Å². The maximum absolute atomic E-state index is 12.8. The molecule has 1 aromatic heterocycles. The van der Waals surface area contributed by atoms with Crippen molar-refractivity contribution in [2.24, 2.45) is 0 Å². The van der Waals surface area contributed by atoms with Crippen molar-refractivity contribution in [2.45, 2.75) is 19.3 Å². The zero-order chi connectivity index (χ0) is 18.0. The SMILES string of the molecule is N#Cc1cccc(NC(=O)CN2CCn3c(nnc3C(F)(F)F)C2)c1. The van der Waals surface area contributed by atoms with Crippen molar-refractivity contribution in [1.29, 1.82) is 5.26 Å². The van der Waals surface area contributed by atoms with Gasteiger partial charge in [0.25, 0.3) is 0 Å². The molecule has 2 aromatic rings. The lowest BCUT2D eigenvalue weighted by atomic mass is 10.2. The Labute approximate surface area is 140 Å². The van der Waals surface area contributed by atoms with Crippen molar-refractivity contribution in [1.82, 2.24) is 19.7 Å². The van der Waals surface area contributed by atoms with Crippen molar-refractivity contribution in [3.63, 3.8) is 0 Å². The molecule has 0 spiro atoms. The minimum Gasteiger partial charge on any atom is -0.325 e. The molecule has 1 aliphatic rings. The van der Waals surface area contributed by atoms with Crippen LogP contribution in [0.25, 0.3) is 0 Å². The largest absolute Gasteiger partial charge is 0.451 e. The van der Waals surface area contributed by atoms with E-state index in [2.05, 4.69) is 15.5 Å². The van der Waals surface area contributed by atoms with Crippen LogP contribution in [0, 0.1) is 11.3 Å². The molecule has 0 fully saturated rings. The van der Waals surface area contributed by atoms with Crippen molar-refractivity contribution in [3.8, 4) is 6.07 Å². The number of anilines is 1. The Morgan fingerprint density at radius 3 is 2.84 bits per heavy atom. The summed E-state index contributed by atoms with van der Waals surface area (Å²) in [6.45, 7) is 0.452. The maximum Gasteiger partial charge on any atom is 0.451 e. The van der Waals surface area contributed by atoms with Gasteiger partial charge in [-0.2, -0.15) is 18.4 Å². The summed E-state index contributed by atoms with van der Waals surface area (Å²) in [7, 11) is 0. The van der Waals surface area contributed by atoms with Gasteiger partial charge in [0.05, 0.1) is 24.7 Å². The molecule has 0 bridgehead atoms. The van der Waals surface area contributed by atoms with E-state index < -0.39 is 12.0 Å². The molecule has 3 rings (SSSR count). The highest BCUT2D eigenvalue weighted by atomic mass is 19.4. The van der Waals surface area contributed by atoms with E-state index in [1.165, 1.54) is 0 Å². The molecule has 10 heteroatoms. The zero-order valence-electron chi connectivity index (χ0n) is 12.9. The summed E-state index contributed by atoms with van der Waals surface area (Å²) in [5.74, 6) is -1.16. The zero-order valence-corrected chi connectivity index (χ0v) is 12.9. The summed E-state index contributed by atoms with van der Waals surface area (Å²) in [4.78, 5) is 13.8. The van der Waals surface area contributed by atoms with Gasteiger partial charge in [0, 0.05) is 18.8 Å². The number of hydrogen-bond donors (Lipinski definition) is 1. The summed E-state index contributed by atoms with van der Waals surface area (Å²) in [6.07, 6.45) is -4.55. The van der Waals surface area contributed by atoms with Crippen LogP contribution in [0.3, 0.4) is 0 Å². The first-order valence-corrected chi connectivity index (χ1v) is 7.38. The molecule has 0 aliphatic carbocycles. The van der Waals surface area contributed by atoms with Gasteiger partial charge in [0.2, 0.25) is 11.7 Å². The van der Waals surface area contributed by atoms with E-state index >= 15 is 0 Å². The van der Waals surface area contributed by atoms with Gasteiger partial charge in [-0.25, -0.2) is 0 Å². The Kier molecular flexibility index (Phi) is 4.41.